The fourth-order valence-corrected chi connectivity index (χ4v) is 1.53. The van der Waals surface area contributed by atoms with E-state index in [2.05, 4.69) is 41.5 Å². The Hall–Kier alpha value is -1.36. The zero-order chi connectivity index (χ0) is 13.7. The first-order valence-corrected chi connectivity index (χ1v) is 6.57. The van der Waals surface area contributed by atoms with Gasteiger partial charge in [-0.2, -0.15) is 0 Å². The third-order valence-corrected chi connectivity index (χ3v) is 3.37. The van der Waals surface area contributed by atoms with E-state index < -0.39 is 0 Å². The molecule has 0 aliphatic carbocycles. The van der Waals surface area contributed by atoms with Gasteiger partial charge in [-0.3, -0.25) is 0 Å². The maximum atomic E-state index is 5.48. The van der Waals surface area contributed by atoms with Gasteiger partial charge in [-0.05, 0) is 18.8 Å². The summed E-state index contributed by atoms with van der Waals surface area (Å²) < 4.78 is 0. The SMILES string of the molecule is CCc1nc(NN)c(C)c(NCC(C)C(C)C)n1. The topological polar surface area (TPSA) is 75.9 Å². The quantitative estimate of drug-likeness (QED) is 0.534. The number of nitrogens with zero attached hydrogens (tertiary/aromatic N) is 2. The molecule has 0 radical (unpaired) electrons. The van der Waals surface area contributed by atoms with E-state index in [4.69, 9.17) is 5.84 Å². The van der Waals surface area contributed by atoms with E-state index in [1.807, 2.05) is 13.8 Å². The largest absolute Gasteiger partial charge is 0.369 e. The standard InChI is InChI=1S/C13H25N5/c1-6-11-16-12(10(5)13(17-11)18-14)15-7-9(4)8(2)3/h8-9H,6-7,14H2,1-5H3,(H2,15,16,17,18). The van der Waals surface area contributed by atoms with Crippen molar-refractivity contribution in [2.24, 2.45) is 17.7 Å². The number of hydrazine groups is 1. The molecule has 1 rings (SSSR count). The second-order valence-electron chi connectivity index (χ2n) is 5.06. The predicted octanol–water partition coefficient (Wildman–Crippen LogP) is 2.34. The van der Waals surface area contributed by atoms with Crippen LogP contribution in [0.5, 0.6) is 0 Å². The number of hydrogen-bond donors (Lipinski definition) is 3. The Labute approximate surface area is 110 Å². The van der Waals surface area contributed by atoms with Gasteiger partial charge in [0.2, 0.25) is 0 Å². The molecule has 102 valence electrons. The minimum absolute atomic E-state index is 0.596. The van der Waals surface area contributed by atoms with Crippen LogP contribution in [0.15, 0.2) is 0 Å². The van der Waals surface area contributed by atoms with Gasteiger partial charge < -0.3 is 10.7 Å². The van der Waals surface area contributed by atoms with Gasteiger partial charge in [0.1, 0.15) is 17.5 Å². The van der Waals surface area contributed by atoms with Crippen molar-refractivity contribution < 1.29 is 0 Å². The lowest BCUT2D eigenvalue weighted by atomic mass is 9.98. The average molecular weight is 251 g/mol. The van der Waals surface area contributed by atoms with Crippen molar-refractivity contribution in [1.29, 1.82) is 0 Å². The third-order valence-electron chi connectivity index (χ3n) is 3.37. The molecular weight excluding hydrogens is 226 g/mol. The second-order valence-corrected chi connectivity index (χ2v) is 5.06. The Morgan fingerprint density at radius 2 is 1.78 bits per heavy atom. The summed E-state index contributed by atoms with van der Waals surface area (Å²) in [5.41, 5.74) is 3.59. The molecule has 0 amide bonds. The normalized spacial score (nSPS) is 12.6. The summed E-state index contributed by atoms with van der Waals surface area (Å²) in [5.74, 6) is 9.10. The van der Waals surface area contributed by atoms with Crippen LogP contribution in [0.1, 0.15) is 39.1 Å². The van der Waals surface area contributed by atoms with Gasteiger partial charge in [0.05, 0.1) is 0 Å². The second kappa shape index (κ2) is 6.54. The van der Waals surface area contributed by atoms with Gasteiger partial charge in [0.25, 0.3) is 0 Å². The molecule has 0 fully saturated rings. The number of nitrogen functional groups attached to an aromatic ring is 1. The van der Waals surface area contributed by atoms with Crippen molar-refractivity contribution in [2.75, 3.05) is 17.3 Å². The van der Waals surface area contributed by atoms with Crippen LogP contribution in [-0.4, -0.2) is 16.5 Å². The molecule has 0 aromatic carbocycles. The van der Waals surface area contributed by atoms with Gasteiger partial charge >= 0.3 is 0 Å². The van der Waals surface area contributed by atoms with Crippen LogP contribution in [-0.2, 0) is 6.42 Å². The molecule has 18 heavy (non-hydrogen) atoms. The van der Waals surface area contributed by atoms with E-state index in [0.29, 0.717) is 17.7 Å². The molecule has 0 aliphatic rings. The van der Waals surface area contributed by atoms with Crippen molar-refractivity contribution in [3.05, 3.63) is 11.4 Å². The molecule has 1 heterocycles. The van der Waals surface area contributed by atoms with Gasteiger partial charge in [-0.1, -0.05) is 27.7 Å². The Balaban J connectivity index is 2.87. The number of nitrogens with two attached hydrogens (primary N) is 1. The molecule has 4 N–H and O–H groups in total. The maximum absolute atomic E-state index is 5.48. The minimum atomic E-state index is 0.596. The van der Waals surface area contributed by atoms with Crippen LogP contribution in [0, 0.1) is 18.8 Å². The van der Waals surface area contributed by atoms with Crippen molar-refractivity contribution in [3.63, 3.8) is 0 Å². The highest BCUT2D eigenvalue weighted by Crippen LogP contribution is 2.20. The number of rotatable bonds is 6. The molecule has 1 unspecified atom stereocenters. The summed E-state index contributed by atoms with van der Waals surface area (Å²) in [4.78, 5) is 8.86. The van der Waals surface area contributed by atoms with E-state index in [9.17, 15) is 0 Å². The van der Waals surface area contributed by atoms with Crippen molar-refractivity contribution in [3.8, 4) is 0 Å². The van der Waals surface area contributed by atoms with Gasteiger partial charge in [0.15, 0.2) is 0 Å². The molecule has 5 heteroatoms. The van der Waals surface area contributed by atoms with Crippen molar-refractivity contribution >= 4 is 11.6 Å². The highest BCUT2D eigenvalue weighted by Gasteiger charge is 2.11. The smallest absolute Gasteiger partial charge is 0.148 e. The van der Waals surface area contributed by atoms with Crippen LogP contribution in [0.4, 0.5) is 11.6 Å². The number of anilines is 2. The van der Waals surface area contributed by atoms with E-state index in [1.165, 1.54) is 0 Å². The van der Waals surface area contributed by atoms with E-state index in [1.54, 1.807) is 0 Å². The predicted molar refractivity (Wildman–Crippen MR) is 76.4 cm³/mol. The monoisotopic (exact) mass is 251 g/mol. The third kappa shape index (κ3) is 3.57. The first-order valence-electron chi connectivity index (χ1n) is 6.57. The molecule has 0 spiro atoms. The molecular formula is C13H25N5. The molecule has 0 aliphatic heterocycles. The van der Waals surface area contributed by atoms with Crippen molar-refractivity contribution in [1.82, 2.24) is 9.97 Å². The Morgan fingerprint density at radius 1 is 1.17 bits per heavy atom. The van der Waals surface area contributed by atoms with Gasteiger partial charge in [0, 0.05) is 18.5 Å². The molecule has 0 bridgehead atoms. The summed E-state index contributed by atoms with van der Waals surface area (Å²) in [5, 5.41) is 3.40. The lowest BCUT2D eigenvalue weighted by Crippen LogP contribution is -2.19. The summed E-state index contributed by atoms with van der Waals surface area (Å²) in [6.07, 6.45) is 0.795. The van der Waals surface area contributed by atoms with Crippen LogP contribution in [0.2, 0.25) is 0 Å². The van der Waals surface area contributed by atoms with Crippen LogP contribution in [0.25, 0.3) is 0 Å². The fraction of sp³-hybridized carbons (Fsp3) is 0.692. The highest BCUT2D eigenvalue weighted by molar-refractivity contribution is 5.56. The summed E-state index contributed by atoms with van der Waals surface area (Å²) in [7, 11) is 0. The molecule has 0 saturated heterocycles. The number of aromatic nitrogens is 2. The zero-order valence-electron chi connectivity index (χ0n) is 12.0. The molecule has 0 saturated carbocycles. The zero-order valence-corrected chi connectivity index (χ0v) is 12.0. The maximum Gasteiger partial charge on any atom is 0.148 e. The first-order chi connectivity index (χ1) is 8.49. The Bertz CT molecular complexity index is 389. The molecule has 5 nitrogen and oxygen atoms in total. The Kier molecular flexibility index (Phi) is 5.34. The van der Waals surface area contributed by atoms with E-state index >= 15 is 0 Å². The summed E-state index contributed by atoms with van der Waals surface area (Å²) in [6.45, 7) is 11.6. The molecule has 1 aromatic rings. The Morgan fingerprint density at radius 3 is 2.28 bits per heavy atom. The van der Waals surface area contributed by atoms with Crippen molar-refractivity contribution in [2.45, 2.75) is 41.0 Å². The molecule has 1 aromatic heterocycles. The van der Waals surface area contributed by atoms with E-state index in [-0.39, 0.29) is 0 Å². The summed E-state index contributed by atoms with van der Waals surface area (Å²) in [6, 6.07) is 0. The molecule has 1 atom stereocenters. The van der Waals surface area contributed by atoms with E-state index in [0.717, 1.165) is 30.2 Å². The number of nitrogens with one attached hydrogen (secondary N) is 2. The average Bonchev–Trinajstić information content (AvgIpc) is 2.36. The lowest BCUT2D eigenvalue weighted by molar-refractivity contribution is 0.439. The lowest BCUT2D eigenvalue weighted by Gasteiger charge is -2.18. The number of aryl methyl sites for hydroxylation is 1. The van der Waals surface area contributed by atoms with Crippen LogP contribution < -0.4 is 16.6 Å². The highest BCUT2D eigenvalue weighted by atomic mass is 15.3. The van der Waals surface area contributed by atoms with Crippen LogP contribution >= 0.6 is 0 Å². The van der Waals surface area contributed by atoms with Crippen LogP contribution in [0.3, 0.4) is 0 Å². The fourth-order valence-electron chi connectivity index (χ4n) is 1.53. The minimum Gasteiger partial charge on any atom is -0.369 e. The first kappa shape index (κ1) is 14.7. The van der Waals surface area contributed by atoms with Gasteiger partial charge in [-0.25, -0.2) is 15.8 Å². The van der Waals surface area contributed by atoms with Gasteiger partial charge in [-0.15, -0.1) is 0 Å². The summed E-state index contributed by atoms with van der Waals surface area (Å²) >= 11 is 0. The number of hydrogen-bond acceptors (Lipinski definition) is 5.